The van der Waals surface area contributed by atoms with Crippen LogP contribution in [0.2, 0.25) is 0 Å². The molecule has 0 aromatic heterocycles. The number of alkyl carbamates (subject to hydrolysis) is 1. The average molecular weight is 437 g/mol. The summed E-state index contributed by atoms with van der Waals surface area (Å²) in [4.78, 5) is 38.4. The van der Waals surface area contributed by atoms with Crippen LogP contribution in [-0.2, 0) is 14.3 Å². The molecule has 2 aromatic carbocycles. The first kappa shape index (κ1) is 21.9. The molecule has 2 amide bonds. The molecule has 0 bridgehead atoms. The second-order valence-electron chi connectivity index (χ2n) is 8.34. The standard InChI is InChI=1S/C25H28N2O5/c1-2-8-21(23(28)27-14-7-13-22(27)24(29)30)26-25(31)32-15-20-18-11-5-3-9-16(18)17-10-4-6-12-19(17)20/h3-6,9-12,20-22H,2,7-8,13-15H2,1H3,(H,26,31)(H,29,30)/t21-,22+/m0/s1. The second kappa shape index (κ2) is 9.42. The molecule has 4 rings (SSSR count). The lowest BCUT2D eigenvalue weighted by Crippen LogP contribution is -2.51. The molecule has 2 aromatic rings. The molecule has 1 saturated heterocycles. The summed E-state index contributed by atoms with van der Waals surface area (Å²) >= 11 is 0. The van der Waals surface area contributed by atoms with Crippen molar-refractivity contribution >= 4 is 18.0 Å². The number of carbonyl (C=O) groups excluding carboxylic acids is 2. The second-order valence-corrected chi connectivity index (χ2v) is 8.34. The van der Waals surface area contributed by atoms with Gasteiger partial charge in [0.05, 0.1) is 0 Å². The van der Waals surface area contributed by atoms with Crippen LogP contribution in [0.4, 0.5) is 4.79 Å². The molecule has 0 radical (unpaired) electrons. The van der Waals surface area contributed by atoms with Crippen molar-refractivity contribution in [2.24, 2.45) is 0 Å². The molecule has 0 saturated carbocycles. The van der Waals surface area contributed by atoms with Gasteiger partial charge in [0.1, 0.15) is 18.7 Å². The molecule has 1 aliphatic carbocycles. The summed E-state index contributed by atoms with van der Waals surface area (Å²) in [6.07, 6.45) is 1.51. The Balaban J connectivity index is 1.42. The van der Waals surface area contributed by atoms with Crippen molar-refractivity contribution in [3.05, 3.63) is 59.7 Å². The van der Waals surface area contributed by atoms with Crippen LogP contribution >= 0.6 is 0 Å². The lowest BCUT2D eigenvalue weighted by molar-refractivity contribution is -0.149. The topological polar surface area (TPSA) is 95.9 Å². The highest BCUT2D eigenvalue weighted by Crippen LogP contribution is 2.44. The number of aliphatic carboxylic acids is 1. The normalized spacial score (nSPS) is 18.0. The monoisotopic (exact) mass is 436 g/mol. The van der Waals surface area contributed by atoms with Gasteiger partial charge in [-0.05, 0) is 41.5 Å². The lowest BCUT2D eigenvalue weighted by atomic mass is 9.98. The predicted octanol–water partition coefficient (Wildman–Crippen LogP) is 3.77. The zero-order chi connectivity index (χ0) is 22.7. The molecule has 1 fully saturated rings. The fourth-order valence-corrected chi connectivity index (χ4v) is 4.82. The quantitative estimate of drug-likeness (QED) is 0.689. The Morgan fingerprint density at radius 1 is 1.09 bits per heavy atom. The van der Waals surface area contributed by atoms with Crippen LogP contribution in [0.3, 0.4) is 0 Å². The molecule has 0 unspecified atom stereocenters. The Kier molecular flexibility index (Phi) is 6.44. The maximum Gasteiger partial charge on any atom is 0.407 e. The van der Waals surface area contributed by atoms with E-state index in [9.17, 15) is 19.5 Å². The molecule has 7 nitrogen and oxygen atoms in total. The SMILES string of the molecule is CCC[C@H](NC(=O)OCC1c2ccccc2-c2ccccc21)C(=O)N1CCC[C@@H]1C(=O)O. The van der Waals surface area contributed by atoms with Crippen molar-refractivity contribution in [2.75, 3.05) is 13.2 Å². The molecular formula is C25H28N2O5. The zero-order valence-corrected chi connectivity index (χ0v) is 18.1. The smallest absolute Gasteiger partial charge is 0.407 e. The van der Waals surface area contributed by atoms with Gasteiger partial charge in [0.15, 0.2) is 0 Å². The number of hydrogen-bond acceptors (Lipinski definition) is 4. The number of ether oxygens (including phenoxy) is 1. The van der Waals surface area contributed by atoms with E-state index in [1.807, 2.05) is 43.3 Å². The Bertz CT molecular complexity index is 975. The van der Waals surface area contributed by atoms with Crippen LogP contribution in [0.1, 0.15) is 49.7 Å². The van der Waals surface area contributed by atoms with Gasteiger partial charge in [0.25, 0.3) is 0 Å². The van der Waals surface area contributed by atoms with Crippen molar-refractivity contribution < 1.29 is 24.2 Å². The third-order valence-corrected chi connectivity index (χ3v) is 6.33. The van der Waals surface area contributed by atoms with Gasteiger partial charge in [0.2, 0.25) is 5.91 Å². The van der Waals surface area contributed by atoms with E-state index in [2.05, 4.69) is 17.4 Å². The number of carboxylic acids is 1. The highest BCUT2D eigenvalue weighted by atomic mass is 16.5. The summed E-state index contributed by atoms with van der Waals surface area (Å²) in [5.41, 5.74) is 4.52. The highest BCUT2D eigenvalue weighted by molar-refractivity contribution is 5.89. The number of fused-ring (bicyclic) bond motifs is 3. The van der Waals surface area contributed by atoms with Crippen LogP contribution in [-0.4, -0.2) is 53.2 Å². The van der Waals surface area contributed by atoms with Crippen LogP contribution in [0.15, 0.2) is 48.5 Å². The first-order valence-electron chi connectivity index (χ1n) is 11.2. The molecule has 1 heterocycles. The largest absolute Gasteiger partial charge is 0.480 e. The number of hydrogen-bond donors (Lipinski definition) is 2. The van der Waals surface area contributed by atoms with Crippen molar-refractivity contribution in [1.29, 1.82) is 0 Å². The van der Waals surface area contributed by atoms with E-state index in [1.54, 1.807) is 0 Å². The number of nitrogens with zero attached hydrogens (tertiary/aromatic N) is 1. The number of likely N-dealkylation sites (tertiary alicyclic amines) is 1. The summed E-state index contributed by atoms with van der Waals surface area (Å²) in [6, 6.07) is 14.5. The van der Waals surface area contributed by atoms with Gasteiger partial charge in [-0.15, -0.1) is 0 Å². The van der Waals surface area contributed by atoms with Crippen LogP contribution in [0.5, 0.6) is 0 Å². The number of carbonyl (C=O) groups is 3. The van der Waals surface area contributed by atoms with Crippen molar-refractivity contribution in [1.82, 2.24) is 10.2 Å². The van der Waals surface area contributed by atoms with E-state index >= 15 is 0 Å². The van der Waals surface area contributed by atoms with Gasteiger partial charge < -0.3 is 20.1 Å². The first-order chi connectivity index (χ1) is 15.5. The number of nitrogens with one attached hydrogen (secondary N) is 1. The van der Waals surface area contributed by atoms with Crippen LogP contribution in [0.25, 0.3) is 11.1 Å². The van der Waals surface area contributed by atoms with Gasteiger partial charge in [-0.25, -0.2) is 9.59 Å². The maximum absolute atomic E-state index is 13.0. The maximum atomic E-state index is 13.0. The van der Waals surface area contributed by atoms with Gasteiger partial charge >= 0.3 is 12.1 Å². The minimum Gasteiger partial charge on any atom is -0.480 e. The van der Waals surface area contributed by atoms with E-state index in [0.29, 0.717) is 32.2 Å². The summed E-state index contributed by atoms with van der Waals surface area (Å²) in [5.74, 6) is -1.43. The number of benzene rings is 2. The van der Waals surface area contributed by atoms with Gasteiger partial charge in [-0.2, -0.15) is 0 Å². The highest BCUT2D eigenvalue weighted by Gasteiger charge is 2.37. The van der Waals surface area contributed by atoms with Crippen molar-refractivity contribution in [3.8, 4) is 11.1 Å². The minimum absolute atomic E-state index is 0.0663. The Morgan fingerprint density at radius 2 is 1.72 bits per heavy atom. The van der Waals surface area contributed by atoms with E-state index in [1.165, 1.54) is 4.90 Å². The molecule has 2 aliphatic rings. The third-order valence-electron chi connectivity index (χ3n) is 6.33. The number of carboxylic acid groups (broad SMARTS) is 1. The van der Waals surface area contributed by atoms with Gasteiger partial charge in [-0.3, -0.25) is 4.79 Å². The average Bonchev–Trinajstić information content (AvgIpc) is 3.40. The third kappa shape index (κ3) is 4.20. The fraction of sp³-hybridized carbons (Fsp3) is 0.400. The van der Waals surface area contributed by atoms with Gasteiger partial charge in [-0.1, -0.05) is 61.9 Å². The molecule has 1 aliphatic heterocycles. The van der Waals surface area contributed by atoms with Crippen molar-refractivity contribution in [2.45, 2.75) is 50.6 Å². The van der Waals surface area contributed by atoms with E-state index in [0.717, 1.165) is 22.3 Å². The predicted molar refractivity (Wildman–Crippen MR) is 119 cm³/mol. The van der Waals surface area contributed by atoms with Crippen molar-refractivity contribution in [3.63, 3.8) is 0 Å². The van der Waals surface area contributed by atoms with Gasteiger partial charge in [0, 0.05) is 12.5 Å². The molecule has 168 valence electrons. The minimum atomic E-state index is -1.01. The summed E-state index contributed by atoms with van der Waals surface area (Å²) in [6.45, 7) is 2.47. The molecular weight excluding hydrogens is 408 g/mol. The lowest BCUT2D eigenvalue weighted by Gasteiger charge is -2.27. The molecule has 0 spiro atoms. The van der Waals surface area contributed by atoms with Crippen LogP contribution < -0.4 is 5.32 Å². The van der Waals surface area contributed by atoms with Crippen LogP contribution in [0, 0.1) is 0 Å². The van der Waals surface area contributed by atoms with E-state index in [-0.39, 0.29) is 18.4 Å². The van der Waals surface area contributed by atoms with E-state index in [4.69, 9.17) is 4.74 Å². The molecule has 7 heteroatoms. The Hall–Kier alpha value is -3.35. The number of amides is 2. The fourth-order valence-electron chi connectivity index (χ4n) is 4.82. The summed E-state index contributed by atoms with van der Waals surface area (Å²) in [7, 11) is 0. The molecule has 2 N–H and O–H groups in total. The molecule has 32 heavy (non-hydrogen) atoms. The summed E-state index contributed by atoms with van der Waals surface area (Å²) < 4.78 is 5.57. The Morgan fingerprint density at radius 3 is 2.31 bits per heavy atom. The zero-order valence-electron chi connectivity index (χ0n) is 18.1. The first-order valence-corrected chi connectivity index (χ1v) is 11.2. The Labute approximate surface area is 187 Å². The summed E-state index contributed by atoms with van der Waals surface area (Å²) in [5, 5.41) is 12.1. The number of rotatable bonds is 7. The molecule has 2 atom stereocenters. The van der Waals surface area contributed by atoms with E-state index < -0.39 is 24.1 Å².